The van der Waals surface area contributed by atoms with Crippen LogP contribution in [0.5, 0.6) is 0 Å². The highest BCUT2D eigenvalue weighted by Crippen LogP contribution is 2.32. The zero-order chi connectivity index (χ0) is 11.5. The highest BCUT2D eigenvalue weighted by molar-refractivity contribution is 5.70. The minimum atomic E-state index is -0.737. The summed E-state index contributed by atoms with van der Waals surface area (Å²) in [6.07, 6.45) is 4.70. The number of carboxylic acids is 1. The van der Waals surface area contributed by atoms with Crippen LogP contribution in [-0.4, -0.2) is 31.3 Å². The molecule has 0 amide bonds. The molecule has 2 rings (SSSR count). The summed E-state index contributed by atoms with van der Waals surface area (Å²) in [4.78, 5) is 12.6. The Balaban J connectivity index is 2.05. The van der Waals surface area contributed by atoms with E-state index in [1.54, 1.807) is 7.05 Å². The number of carboxylic acid groups (broad SMARTS) is 1. The van der Waals surface area contributed by atoms with E-state index in [0.29, 0.717) is 12.2 Å². The molecule has 1 N–H and O–H groups in total. The van der Waals surface area contributed by atoms with Crippen LogP contribution in [0.3, 0.4) is 0 Å². The summed E-state index contributed by atoms with van der Waals surface area (Å²) in [6, 6.07) is 0. The van der Waals surface area contributed by atoms with E-state index in [1.807, 2.05) is 0 Å². The third kappa shape index (κ3) is 2.37. The Morgan fingerprint density at radius 3 is 2.75 bits per heavy atom. The number of aromatic nitrogens is 4. The minimum absolute atomic E-state index is 0.279. The topological polar surface area (TPSA) is 80.9 Å². The number of rotatable bonds is 4. The van der Waals surface area contributed by atoms with Crippen molar-refractivity contribution in [2.45, 2.75) is 32.1 Å². The molecule has 0 spiro atoms. The smallest absolute Gasteiger partial charge is 0.307 e. The second-order valence-electron chi connectivity index (χ2n) is 4.39. The SMILES string of the molecule is Cn1nnc(CC(C(=O)O)C2CCCC2)n1. The average Bonchev–Trinajstić information content (AvgIpc) is 2.84. The van der Waals surface area contributed by atoms with E-state index in [0.717, 1.165) is 25.7 Å². The van der Waals surface area contributed by atoms with Crippen LogP contribution in [0.15, 0.2) is 0 Å². The largest absolute Gasteiger partial charge is 0.481 e. The number of aliphatic carboxylic acids is 1. The van der Waals surface area contributed by atoms with Crippen molar-refractivity contribution in [1.29, 1.82) is 0 Å². The van der Waals surface area contributed by atoms with Crippen LogP contribution in [0.1, 0.15) is 31.5 Å². The van der Waals surface area contributed by atoms with E-state index in [4.69, 9.17) is 0 Å². The second kappa shape index (κ2) is 4.59. The summed E-state index contributed by atoms with van der Waals surface area (Å²) in [5.74, 6) is -0.283. The van der Waals surface area contributed by atoms with Crippen LogP contribution >= 0.6 is 0 Å². The van der Waals surface area contributed by atoms with Gasteiger partial charge in [0.15, 0.2) is 5.82 Å². The predicted octanol–water partition coefficient (Wildman–Crippen LogP) is 0.644. The summed E-state index contributed by atoms with van der Waals surface area (Å²) < 4.78 is 0. The molecule has 6 nitrogen and oxygen atoms in total. The van der Waals surface area contributed by atoms with Crippen molar-refractivity contribution in [2.75, 3.05) is 0 Å². The Hall–Kier alpha value is -1.46. The lowest BCUT2D eigenvalue weighted by Crippen LogP contribution is -2.24. The van der Waals surface area contributed by atoms with E-state index in [1.165, 1.54) is 4.80 Å². The monoisotopic (exact) mass is 224 g/mol. The van der Waals surface area contributed by atoms with E-state index < -0.39 is 5.97 Å². The third-order valence-electron chi connectivity index (χ3n) is 3.24. The van der Waals surface area contributed by atoms with Crippen LogP contribution < -0.4 is 0 Å². The summed E-state index contributed by atoms with van der Waals surface area (Å²) in [5.41, 5.74) is 0. The number of carbonyl (C=O) groups is 1. The van der Waals surface area contributed by atoms with Crippen LogP contribution in [0, 0.1) is 11.8 Å². The quantitative estimate of drug-likeness (QED) is 0.811. The van der Waals surface area contributed by atoms with Gasteiger partial charge in [0.2, 0.25) is 0 Å². The fourth-order valence-corrected chi connectivity index (χ4v) is 2.42. The summed E-state index contributed by atoms with van der Waals surface area (Å²) in [7, 11) is 1.68. The Morgan fingerprint density at radius 2 is 2.25 bits per heavy atom. The van der Waals surface area contributed by atoms with Crippen molar-refractivity contribution in [2.24, 2.45) is 18.9 Å². The number of hydrogen-bond donors (Lipinski definition) is 1. The maximum atomic E-state index is 11.2. The van der Waals surface area contributed by atoms with E-state index >= 15 is 0 Å². The van der Waals surface area contributed by atoms with E-state index in [9.17, 15) is 9.90 Å². The Bertz CT molecular complexity index is 371. The molecule has 1 aliphatic rings. The van der Waals surface area contributed by atoms with Gasteiger partial charge in [-0.3, -0.25) is 4.79 Å². The van der Waals surface area contributed by atoms with Gasteiger partial charge < -0.3 is 5.11 Å². The number of hydrogen-bond acceptors (Lipinski definition) is 4. The Labute approximate surface area is 93.6 Å². The molecule has 1 unspecified atom stereocenters. The molecule has 88 valence electrons. The molecule has 0 radical (unpaired) electrons. The van der Waals surface area contributed by atoms with Gasteiger partial charge in [0.1, 0.15) is 0 Å². The van der Waals surface area contributed by atoms with Crippen molar-refractivity contribution in [3.8, 4) is 0 Å². The first-order valence-electron chi connectivity index (χ1n) is 5.62. The molecular formula is C10H16N4O2. The Morgan fingerprint density at radius 1 is 1.56 bits per heavy atom. The van der Waals surface area contributed by atoms with Crippen molar-refractivity contribution < 1.29 is 9.90 Å². The van der Waals surface area contributed by atoms with E-state index in [2.05, 4.69) is 15.4 Å². The molecule has 6 heteroatoms. The molecule has 1 atom stereocenters. The van der Waals surface area contributed by atoms with Crippen molar-refractivity contribution in [3.05, 3.63) is 5.82 Å². The van der Waals surface area contributed by atoms with Gasteiger partial charge in [-0.15, -0.1) is 10.2 Å². The molecule has 0 saturated heterocycles. The highest BCUT2D eigenvalue weighted by Gasteiger charge is 2.31. The first-order valence-corrected chi connectivity index (χ1v) is 5.62. The van der Waals surface area contributed by atoms with Crippen LogP contribution in [0.25, 0.3) is 0 Å². The van der Waals surface area contributed by atoms with Gasteiger partial charge in [-0.05, 0) is 24.0 Å². The third-order valence-corrected chi connectivity index (χ3v) is 3.24. The molecule has 1 aromatic rings. The first kappa shape index (κ1) is 11.0. The lowest BCUT2D eigenvalue weighted by Gasteiger charge is -2.17. The lowest BCUT2D eigenvalue weighted by atomic mass is 9.88. The van der Waals surface area contributed by atoms with E-state index in [-0.39, 0.29) is 11.8 Å². The fraction of sp³-hybridized carbons (Fsp3) is 0.800. The van der Waals surface area contributed by atoms with Gasteiger partial charge in [-0.1, -0.05) is 12.8 Å². The first-order chi connectivity index (χ1) is 7.66. The van der Waals surface area contributed by atoms with Gasteiger partial charge in [-0.2, -0.15) is 4.80 Å². The lowest BCUT2D eigenvalue weighted by molar-refractivity contribution is -0.143. The molecule has 0 aliphatic heterocycles. The number of aryl methyl sites for hydroxylation is 1. The van der Waals surface area contributed by atoms with Gasteiger partial charge in [0.05, 0.1) is 13.0 Å². The van der Waals surface area contributed by atoms with Crippen LogP contribution in [0.4, 0.5) is 0 Å². The van der Waals surface area contributed by atoms with Crippen molar-refractivity contribution in [1.82, 2.24) is 20.2 Å². The fourth-order valence-electron chi connectivity index (χ4n) is 2.42. The predicted molar refractivity (Wildman–Crippen MR) is 55.6 cm³/mol. The molecule has 1 heterocycles. The molecule has 1 aliphatic carbocycles. The van der Waals surface area contributed by atoms with Gasteiger partial charge >= 0.3 is 5.97 Å². The van der Waals surface area contributed by atoms with Gasteiger partial charge in [0, 0.05) is 6.42 Å². The molecule has 1 aromatic heterocycles. The normalized spacial score (nSPS) is 18.8. The average molecular weight is 224 g/mol. The minimum Gasteiger partial charge on any atom is -0.481 e. The molecule has 0 bridgehead atoms. The summed E-state index contributed by atoms with van der Waals surface area (Å²) in [5, 5.41) is 20.8. The van der Waals surface area contributed by atoms with Gasteiger partial charge in [-0.25, -0.2) is 0 Å². The summed E-state index contributed by atoms with van der Waals surface area (Å²) >= 11 is 0. The maximum absolute atomic E-state index is 11.2. The zero-order valence-electron chi connectivity index (χ0n) is 9.33. The van der Waals surface area contributed by atoms with Crippen molar-refractivity contribution >= 4 is 5.97 Å². The molecule has 0 aromatic carbocycles. The molecular weight excluding hydrogens is 208 g/mol. The highest BCUT2D eigenvalue weighted by atomic mass is 16.4. The maximum Gasteiger partial charge on any atom is 0.307 e. The zero-order valence-corrected chi connectivity index (χ0v) is 9.33. The molecule has 16 heavy (non-hydrogen) atoms. The van der Waals surface area contributed by atoms with Crippen LogP contribution in [-0.2, 0) is 18.3 Å². The standard InChI is InChI=1S/C10H16N4O2/c1-14-12-9(11-13-14)6-8(10(15)16)7-4-2-3-5-7/h7-8H,2-6H2,1H3,(H,15,16). The number of tetrazole rings is 1. The van der Waals surface area contributed by atoms with Crippen molar-refractivity contribution in [3.63, 3.8) is 0 Å². The Kier molecular flexibility index (Phi) is 3.17. The summed E-state index contributed by atoms with van der Waals surface area (Å²) in [6.45, 7) is 0. The number of nitrogens with zero attached hydrogens (tertiary/aromatic N) is 4. The molecule has 1 saturated carbocycles. The molecule has 1 fully saturated rings. The second-order valence-corrected chi connectivity index (χ2v) is 4.39. The van der Waals surface area contributed by atoms with Gasteiger partial charge in [0.25, 0.3) is 0 Å². The van der Waals surface area contributed by atoms with Crippen LogP contribution in [0.2, 0.25) is 0 Å².